The highest BCUT2D eigenvalue weighted by Crippen LogP contribution is 2.34. The Morgan fingerprint density at radius 2 is 1.68 bits per heavy atom. The van der Waals surface area contributed by atoms with Crippen molar-refractivity contribution in [3.05, 3.63) is 53.6 Å². The van der Waals surface area contributed by atoms with E-state index < -0.39 is 5.97 Å². The van der Waals surface area contributed by atoms with Gasteiger partial charge in [-0.25, -0.2) is 4.79 Å². The average molecular weight is 256 g/mol. The molecule has 0 bridgehead atoms. The third-order valence-corrected chi connectivity index (χ3v) is 3.10. The van der Waals surface area contributed by atoms with Crippen LogP contribution in [0.5, 0.6) is 5.75 Å². The molecular weight excluding hydrogens is 240 g/mol. The average Bonchev–Trinajstić information content (AvgIpc) is 2.39. The third kappa shape index (κ3) is 2.60. The minimum absolute atomic E-state index is 0.0509. The summed E-state index contributed by atoms with van der Waals surface area (Å²) < 4.78 is 0. The number of hydrogen-bond acceptors (Lipinski definition) is 2. The van der Waals surface area contributed by atoms with Crippen molar-refractivity contribution in [2.75, 3.05) is 0 Å². The van der Waals surface area contributed by atoms with Crippen molar-refractivity contribution in [2.24, 2.45) is 0 Å². The van der Waals surface area contributed by atoms with Crippen molar-refractivity contribution < 1.29 is 15.0 Å². The second kappa shape index (κ2) is 5.14. The molecule has 0 aromatic heterocycles. The molecule has 0 saturated heterocycles. The molecule has 0 spiro atoms. The molecule has 0 fully saturated rings. The minimum atomic E-state index is -1.11. The Balaban J connectivity index is 2.67. The van der Waals surface area contributed by atoms with Gasteiger partial charge in [0.15, 0.2) is 0 Å². The fraction of sp³-hybridized carbons (Fsp3) is 0.188. The molecule has 0 atom stereocenters. The van der Waals surface area contributed by atoms with Crippen LogP contribution < -0.4 is 0 Å². The van der Waals surface area contributed by atoms with Gasteiger partial charge in [-0.1, -0.05) is 44.2 Å². The number of carboxylic acids is 1. The Morgan fingerprint density at radius 1 is 1.05 bits per heavy atom. The molecule has 98 valence electrons. The summed E-state index contributed by atoms with van der Waals surface area (Å²) in [6.07, 6.45) is 0. The molecule has 19 heavy (non-hydrogen) atoms. The van der Waals surface area contributed by atoms with E-state index in [-0.39, 0.29) is 17.2 Å². The number of carboxylic acid groups (broad SMARTS) is 1. The van der Waals surface area contributed by atoms with Crippen LogP contribution >= 0.6 is 0 Å². The Hall–Kier alpha value is -2.29. The van der Waals surface area contributed by atoms with E-state index in [2.05, 4.69) is 0 Å². The lowest BCUT2D eigenvalue weighted by Crippen LogP contribution is -2.01. The van der Waals surface area contributed by atoms with Crippen LogP contribution in [-0.2, 0) is 0 Å². The number of phenols is 1. The number of hydrogen-bond donors (Lipinski definition) is 2. The summed E-state index contributed by atoms with van der Waals surface area (Å²) in [4.78, 5) is 11.2. The Morgan fingerprint density at radius 3 is 2.21 bits per heavy atom. The molecule has 2 aromatic rings. The maximum atomic E-state index is 11.2. The van der Waals surface area contributed by atoms with E-state index in [0.29, 0.717) is 5.56 Å². The SMILES string of the molecule is CC(C)c1cc(-c2ccccc2)cc(C(=O)O)c1O. The first-order chi connectivity index (χ1) is 9.00. The van der Waals surface area contributed by atoms with Gasteiger partial charge in [-0.2, -0.15) is 0 Å². The highest BCUT2D eigenvalue weighted by molar-refractivity contribution is 5.93. The molecule has 0 unspecified atom stereocenters. The molecule has 3 heteroatoms. The van der Waals surface area contributed by atoms with E-state index in [4.69, 9.17) is 0 Å². The normalized spacial score (nSPS) is 10.7. The highest BCUT2D eigenvalue weighted by Gasteiger charge is 2.17. The maximum Gasteiger partial charge on any atom is 0.339 e. The van der Waals surface area contributed by atoms with Crippen molar-refractivity contribution >= 4 is 5.97 Å². The maximum absolute atomic E-state index is 11.2. The lowest BCUT2D eigenvalue weighted by atomic mass is 9.93. The zero-order valence-electron chi connectivity index (χ0n) is 10.9. The largest absolute Gasteiger partial charge is 0.507 e. The van der Waals surface area contributed by atoms with E-state index in [0.717, 1.165) is 11.1 Å². The summed E-state index contributed by atoms with van der Waals surface area (Å²) >= 11 is 0. The molecule has 0 aliphatic rings. The molecule has 0 radical (unpaired) electrons. The molecule has 0 saturated carbocycles. The second-order valence-corrected chi connectivity index (χ2v) is 4.79. The van der Waals surface area contributed by atoms with E-state index in [1.54, 1.807) is 0 Å². The lowest BCUT2D eigenvalue weighted by molar-refractivity contribution is 0.0693. The van der Waals surface area contributed by atoms with Gasteiger partial charge in [0, 0.05) is 0 Å². The zero-order valence-corrected chi connectivity index (χ0v) is 10.9. The van der Waals surface area contributed by atoms with Gasteiger partial charge in [-0.05, 0) is 34.7 Å². The van der Waals surface area contributed by atoms with E-state index >= 15 is 0 Å². The molecule has 2 aromatic carbocycles. The van der Waals surface area contributed by atoms with Gasteiger partial charge >= 0.3 is 5.97 Å². The fourth-order valence-corrected chi connectivity index (χ4v) is 2.06. The molecule has 0 aliphatic carbocycles. The van der Waals surface area contributed by atoms with Gasteiger partial charge in [-0.15, -0.1) is 0 Å². The summed E-state index contributed by atoms with van der Waals surface area (Å²) in [7, 11) is 0. The van der Waals surface area contributed by atoms with Crippen LogP contribution in [0.4, 0.5) is 0 Å². The zero-order chi connectivity index (χ0) is 14.0. The Labute approximate surface area is 112 Å². The summed E-state index contributed by atoms with van der Waals surface area (Å²) in [5, 5.41) is 19.2. The van der Waals surface area contributed by atoms with Crippen LogP contribution in [-0.4, -0.2) is 16.2 Å². The van der Waals surface area contributed by atoms with Crippen molar-refractivity contribution in [1.82, 2.24) is 0 Å². The predicted octanol–water partition coefficient (Wildman–Crippen LogP) is 3.88. The van der Waals surface area contributed by atoms with Crippen molar-refractivity contribution in [2.45, 2.75) is 19.8 Å². The first-order valence-corrected chi connectivity index (χ1v) is 6.16. The molecule has 3 nitrogen and oxygen atoms in total. The monoisotopic (exact) mass is 256 g/mol. The molecule has 2 N–H and O–H groups in total. The highest BCUT2D eigenvalue weighted by atomic mass is 16.4. The van der Waals surface area contributed by atoms with Crippen LogP contribution in [0, 0.1) is 0 Å². The predicted molar refractivity (Wildman–Crippen MR) is 74.6 cm³/mol. The number of benzene rings is 2. The standard InChI is InChI=1S/C16H16O3/c1-10(2)13-8-12(11-6-4-3-5-7-11)9-14(15(13)17)16(18)19/h3-10,17H,1-2H3,(H,18,19). The minimum Gasteiger partial charge on any atom is -0.507 e. The van der Waals surface area contributed by atoms with Gasteiger partial charge < -0.3 is 10.2 Å². The topological polar surface area (TPSA) is 57.5 Å². The van der Waals surface area contributed by atoms with Crippen LogP contribution in [0.1, 0.15) is 35.7 Å². The summed E-state index contributed by atoms with van der Waals surface area (Å²) in [5.74, 6) is -1.19. The first-order valence-electron chi connectivity index (χ1n) is 6.16. The summed E-state index contributed by atoms with van der Waals surface area (Å²) in [5.41, 5.74) is 2.34. The van der Waals surface area contributed by atoms with Gasteiger partial charge in [0.2, 0.25) is 0 Å². The quantitative estimate of drug-likeness (QED) is 0.876. The molecule has 0 aliphatic heterocycles. The summed E-state index contributed by atoms with van der Waals surface area (Å²) in [6.45, 7) is 3.85. The van der Waals surface area contributed by atoms with Crippen LogP contribution in [0.3, 0.4) is 0 Å². The number of rotatable bonds is 3. The van der Waals surface area contributed by atoms with Crippen molar-refractivity contribution in [3.63, 3.8) is 0 Å². The van der Waals surface area contributed by atoms with Gasteiger partial charge in [0.1, 0.15) is 11.3 Å². The first kappa shape index (κ1) is 13.1. The fourth-order valence-electron chi connectivity index (χ4n) is 2.06. The molecule has 0 amide bonds. The Kier molecular flexibility index (Phi) is 3.56. The lowest BCUT2D eigenvalue weighted by Gasteiger charge is -2.13. The number of carbonyl (C=O) groups is 1. The van der Waals surface area contributed by atoms with E-state index in [1.807, 2.05) is 50.2 Å². The van der Waals surface area contributed by atoms with E-state index in [1.165, 1.54) is 6.07 Å². The smallest absolute Gasteiger partial charge is 0.339 e. The Bertz CT molecular complexity index is 601. The summed E-state index contributed by atoms with van der Waals surface area (Å²) in [6, 6.07) is 12.9. The third-order valence-electron chi connectivity index (χ3n) is 3.10. The van der Waals surface area contributed by atoms with Crippen LogP contribution in [0.2, 0.25) is 0 Å². The molecular formula is C16H16O3. The molecule has 0 heterocycles. The number of aromatic carboxylic acids is 1. The van der Waals surface area contributed by atoms with E-state index in [9.17, 15) is 15.0 Å². The van der Waals surface area contributed by atoms with Crippen LogP contribution in [0.25, 0.3) is 11.1 Å². The second-order valence-electron chi connectivity index (χ2n) is 4.79. The van der Waals surface area contributed by atoms with Gasteiger partial charge in [0.25, 0.3) is 0 Å². The van der Waals surface area contributed by atoms with Crippen molar-refractivity contribution in [1.29, 1.82) is 0 Å². The van der Waals surface area contributed by atoms with Crippen LogP contribution in [0.15, 0.2) is 42.5 Å². The van der Waals surface area contributed by atoms with Crippen molar-refractivity contribution in [3.8, 4) is 16.9 Å². The number of aromatic hydroxyl groups is 1. The molecule has 2 rings (SSSR count). The van der Waals surface area contributed by atoms with Gasteiger partial charge in [-0.3, -0.25) is 0 Å². The van der Waals surface area contributed by atoms with Gasteiger partial charge in [0.05, 0.1) is 0 Å².